The summed E-state index contributed by atoms with van der Waals surface area (Å²) >= 11 is 0. The van der Waals surface area contributed by atoms with Gasteiger partial charge in [0, 0.05) is 5.39 Å². The number of rotatable bonds is 5. The highest BCUT2D eigenvalue weighted by molar-refractivity contribution is 5.85. The quantitative estimate of drug-likeness (QED) is 0.511. The molecule has 4 rings (SSSR count). The molecule has 28 heavy (non-hydrogen) atoms. The van der Waals surface area contributed by atoms with Crippen LogP contribution in [-0.2, 0) is 0 Å². The molecule has 0 unspecified atom stereocenters. The molecule has 2 heteroatoms. The van der Waals surface area contributed by atoms with Crippen molar-refractivity contribution in [2.75, 3.05) is 6.61 Å². The third-order valence-corrected chi connectivity index (χ3v) is 7.62. The lowest BCUT2D eigenvalue weighted by Gasteiger charge is -2.38. The molecule has 0 radical (unpaired) electrons. The molecule has 0 aromatic heterocycles. The molecule has 0 atom stereocenters. The third kappa shape index (κ3) is 4.07. The Hall–Kier alpha value is -1.57. The minimum absolute atomic E-state index is 0.225. The Bertz CT molecular complexity index is 782. The molecule has 2 aliphatic carbocycles. The molecule has 2 aromatic carbocycles. The Balaban J connectivity index is 1.40. The summed E-state index contributed by atoms with van der Waals surface area (Å²) in [5, 5.41) is 1.68. The first-order chi connectivity index (χ1) is 13.7. The predicted molar refractivity (Wildman–Crippen MR) is 116 cm³/mol. The lowest BCUT2D eigenvalue weighted by atomic mass is 9.68. The van der Waals surface area contributed by atoms with Gasteiger partial charge in [0.25, 0.3) is 0 Å². The van der Waals surface area contributed by atoms with E-state index in [0.717, 1.165) is 23.1 Å². The highest BCUT2D eigenvalue weighted by Crippen LogP contribution is 2.44. The average molecular weight is 383 g/mol. The van der Waals surface area contributed by atoms with Crippen molar-refractivity contribution >= 4 is 10.8 Å². The van der Waals surface area contributed by atoms with E-state index in [-0.39, 0.29) is 5.82 Å². The molecule has 0 heterocycles. The minimum Gasteiger partial charge on any atom is -0.491 e. The SMILES string of the molecule is CCOc1ccc2cc(C3CCC(C4CCC(CC)CC4)CC3)ccc2c1F. The molecule has 0 spiro atoms. The second-order valence-corrected chi connectivity index (χ2v) is 9.09. The molecule has 0 saturated heterocycles. The summed E-state index contributed by atoms with van der Waals surface area (Å²) < 4.78 is 20.0. The summed E-state index contributed by atoms with van der Waals surface area (Å²) in [6.45, 7) is 4.73. The van der Waals surface area contributed by atoms with E-state index in [2.05, 4.69) is 19.1 Å². The smallest absolute Gasteiger partial charge is 0.172 e. The van der Waals surface area contributed by atoms with Crippen LogP contribution in [0.25, 0.3) is 10.8 Å². The van der Waals surface area contributed by atoms with Crippen LogP contribution in [0.3, 0.4) is 0 Å². The number of hydrogen-bond donors (Lipinski definition) is 0. The highest BCUT2D eigenvalue weighted by atomic mass is 19.1. The monoisotopic (exact) mass is 382 g/mol. The van der Waals surface area contributed by atoms with E-state index in [4.69, 9.17) is 4.74 Å². The standard InChI is InChI=1S/C26H35FO/c1-3-18-5-7-19(8-6-18)20-9-11-21(12-10-20)22-13-15-24-23(17-22)14-16-25(26(24)27)28-4-2/h13-21H,3-12H2,1-2H3. The van der Waals surface area contributed by atoms with Crippen LogP contribution in [0.5, 0.6) is 5.75 Å². The third-order valence-electron chi connectivity index (χ3n) is 7.62. The summed E-state index contributed by atoms with van der Waals surface area (Å²) in [7, 11) is 0. The van der Waals surface area contributed by atoms with Crippen LogP contribution in [0.4, 0.5) is 4.39 Å². The van der Waals surface area contributed by atoms with Gasteiger partial charge >= 0.3 is 0 Å². The van der Waals surface area contributed by atoms with Crippen LogP contribution in [0.2, 0.25) is 0 Å². The van der Waals surface area contributed by atoms with Crippen LogP contribution in [0, 0.1) is 23.6 Å². The topological polar surface area (TPSA) is 9.23 Å². The molecular weight excluding hydrogens is 347 g/mol. The van der Waals surface area contributed by atoms with E-state index in [9.17, 15) is 4.39 Å². The van der Waals surface area contributed by atoms with Crippen LogP contribution in [0.1, 0.15) is 83.1 Å². The normalized spacial score (nSPS) is 28.4. The van der Waals surface area contributed by atoms with Crippen molar-refractivity contribution < 1.29 is 9.13 Å². The minimum atomic E-state index is -0.225. The summed E-state index contributed by atoms with van der Waals surface area (Å²) in [6.07, 6.45) is 12.6. The number of halogens is 1. The largest absolute Gasteiger partial charge is 0.491 e. The first kappa shape index (κ1) is 19.7. The molecule has 0 N–H and O–H groups in total. The van der Waals surface area contributed by atoms with Gasteiger partial charge in [-0.3, -0.25) is 0 Å². The maximum Gasteiger partial charge on any atom is 0.172 e. The van der Waals surface area contributed by atoms with E-state index in [1.165, 1.54) is 63.4 Å². The van der Waals surface area contributed by atoms with Crippen molar-refractivity contribution in [2.45, 2.75) is 77.6 Å². The number of fused-ring (bicyclic) bond motifs is 1. The maximum absolute atomic E-state index is 14.6. The van der Waals surface area contributed by atoms with Gasteiger partial charge in [-0.15, -0.1) is 0 Å². The molecule has 2 saturated carbocycles. The van der Waals surface area contributed by atoms with Crippen LogP contribution in [0.15, 0.2) is 30.3 Å². The van der Waals surface area contributed by atoms with Crippen molar-refractivity contribution in [1.29, 1.82) is 0 Å². The molecule has 0 bridgehead atoms. The van der Waals surface area contributed by atoms with Crippen molar-refractivity contribution in [3.05, 3.63) is 41.7 Å². The second kappa shape index (κ2) is 8.84. The van der Waals surface area contributed by atoms with E-state index < -0.39 is 0 Å². The van der Waals surface area contributed by atoms with Crippen LogP contribution in [-0.4, -0.2) is 6.61 Å². The molecule has 0 aliphatic heterocycles. The highest BCUT2D eigenvalue weighted by Gasteiger charge is 2.31. The Morgan fingerprint density at radius 3 is 2.18 bits per heavy atom. The Morgan fingerprint density at radius 1 is 0.857 bits per heavy atom. The fourth-order valence-electron chi connectivity index (χ4n) is 5.80. The zero-order valence-electron chi connectivity index (χ0n) is 17.6. The van der Waals surface area contributed by atoms with Gasteiger partial charge in [-0.25, -0.2) is 4.39 Å². The first-order valence-electron chi connectivity index (χ1n) is 11.5. The van der Waals surface area contributed by atoms with Gasteiger partial charge in [0.1, 0.15) is 0 Å². The Kier molecular flexibility index (Phi) is 6.23. The molecule has 2 aromatic rings. The second-order valence-electron chi connectivity index (χ2n) is 9.09. The number of ether oxygens (including phenoxy) is 1. The van der Waals surface area contributed by atoms with E-state index in [1.54, 1.807) is 6.07 Å². The van der Waals surface area contributed by atoms with Gasteiger partial charge < -0.3 is 4.74 Å². The number of hydrogen-bond acceptors (Lipinski definition) is 1. The summed E-state index contributed by atoms with van der Waals surface area (Å²) in [5.41, 5.74) is 1.39. The molecule has 152 valence electrons. The van der Waals surface area contributed by atoms with E-state index >= 15 is 0 Å². The lowest BCUT2D eigenvalue weighted by molar-refractivity contribution is 0.158. The van der Waals surface area contributed by atoms with Crippen molar-refractivity contribution in [3.63, 3.8) is 0 Å². The first-order valence-corrected chi connectivity index (χ1v) is 11.5. The lowest BCUT2D eigenvalue weighted by Crippen LogP contribution is -2.25. The van der Waals surface area contributed by atoms with Crippen LogP contribution < -0.4 is 4.74 Å². The summed E-state index contributed by atoms with van der Waals surface area (Å²) in [6, 6.07) is 10.1. The molecular formula is C26H35FO. The van der Waals surface area contributed by atoms with Gasteiger partial charge in [0.05, 0.1) is 6.61 Å². The van der Waals surface area contributed by atoms with Gasteiger partial charge in [-0.2, -0.15) is 0 Å². The fraction of sp³-hybridized carbons (Fsp3) is 0.615. The molecule has 0 amide bonds. The van der Waals surface area contributed by atoms with Crippen molar-refractivity contribution in [2.24, 2.45) is 17.8 Å². The van der Waals surface area contributed by atoms with Gasteiger partial charge in [0.15, 0.2) is 11.6 Å². The molecule has 2 aliphatic rings. The van der Waals surface area contributed by atoms with E-state index in [1.807, 2.05) is 19.1 Å². The zero-order valence-corrected chi connectivity index (χ0v) is 17.6. The predicted octanol–water partition coefficient (Wildman–Crippen LogP) is 7.87. The van der Waals surface area contributed by atoms with Crippen LogP contribution >= 0.6 is 0 Å². The number of benzene rings is 2. The molecule has 2 fully saturated rings. The van der Waals surface area contributed by atoms with Crippen molar-refractivity contribution in [1.82, 2.24) is 0 Å². The molecule has 1 nitrogen and oxygen atoms in total. The van der Waals surface area contributed by atoms with Gasteiger partial charge in [-0.05, 0) is 86.1 Å². The fourth-order valence-corrected chi connectivity index (χ4v) is 5.80. The van der Waals surface area contributed by atoms with Gasteiger partial charge in [-0.1, -0.05) is 50.5 Å². The van der Waals surface area contributed by atoms with E-state index in [0.29, 0.717) is 23.7 Å². The summed E-state index contributed by atoms with van der Waals surface area (Å²) in [5.74, 6) is 3.70. The zero-order chi connectivity index (χ0) is 19.5. The van der Waals surface area contributed by atoms with Crippen molar-refractivity contribution in [3.8, 4) is 5.75 Å². The van der Waals surface area contributed by atoms with Gasteiger partial charge in [0.2, 0.25) is 0 Å². The maximum atomic E-state index is 14.6. The Morgan fingerprint density at radius 2 is 1.54 bits per heavy atom. The Labute approximate surface area is 169 Å². The summed E-state index contributed by atoms with van der Waals surface area (Å²) in [4.78, 5) is 0. The average Bonchev–Trinajstić information content (AvgIpc) is 2.76.